The second-order valence-corrected chi connectivity index (χ2v) is 10.2. The molecule has 1 aliphatic heterocycles. The van der Waals surface area contributed by atoms with Gasteiger partial charge in [-0.3, -0.25) is 19.3 Å². The fraction of sp³-hybridized carbons (Fsp3) is 0.300. The molecule has 0 atom stereocenters. The van der Waals surface area contributed by atoms with E-state index in [0.29, 0.717) is 18.6 Å². The Bertz CT molecular complexity index is 1310. The highest BCUT2D eigenvalue weighted by Crippen LogP contribution is 2.42. The molecule has 0 saturated heterocycles. The number of amides is 3. The Morgan fingerprint density at radius 3 is 1.75 bits per heavy atom. The van der Waals surface area contributed by atoms with E-state index >= 15 is 0 Å². The van der Waals surface area contributed by atoms with E-state index in [2.05, 4.69) is 32.9 Å². The second-order valence-electron chi connectivity index (χ2n) is 10.2. The van der Waals surface area contributed by atoms with Crippen LogP contribution in [0.1, 0.15) is 89.7 Å². The predicted molar refractivity (Wildman–Crippen MR) is 139 cm³/mol. The molecule has 1 aliphatic rings. The number of ether oxygens (including phenoxy) is 1. The van der Waals surface area contributed by atoms with E-state index in [4.69, 9.17) is 10.5 Å². The highest BCUT2D eigenvalue weighted by atomic mass is 16.5. The average Bonchev–Trinajstić information content (AvgIpc) is 3.11. The molecular weight excluding hydrogens is 452 g/mol. The van der Waals surface area contributed by atoms with Gasteiger partial charge in [-0.15, -0.1) is 0 Å². The van der Waals surface area contributed by atoms with Crippen LogP contribution in [0.15, 0.2) is 66.7 Å². The van der Waals surface area contributed by atoms with Gasteiger partial charge in [0.1, 0.15) is 11.5 Å². The smallest absolute Gasteiger partial charge is 0.262 e. The van der Waals surface area contributed by atoms with Gasteiger partial charge in [-0.25, -0.2) is 0 Å². The second kappa shape index (κ2) is 9.26. The van der Waals surface area contributed by atoms with Crippen molar-refractivity contribution in [2.75, 3.05) is 0 Å². The number of hydrogen-bond acceptors (Lipinski definition) is 4. The first-order chi connectivity index (χ1) is 17.0. The first kappa shape index (κ1) is 25.2. The van der Waals surface area contributed by atoms with Crippen LogP contribution in [0.3, 0.4) is 0 Å². The molecule has 1 heterocycles. The molecule has 0 spiro atoms. The van der Waals surface area contributed by atoms with Gasteiger partial charge in [0, 0.05) is 5.56 Å². The van der Waals surface area contributed by atoms with Crippen LogP contribution in [0, 0.1) is 0 Å². The summed E-state index contributed by atoms with van der Waals surface area (Å²) in [5, 5.41) is 0. The van der Waals surface area contributed by atoms with Crippen molar-refractivity contribution in [3.8, 4) is 11.5 Å². The topological polar surface area (TPSA) is 89.7 Å². The molecule has 6 heteroatoms. The van der Waals surface area contributed by atoms with Gasteiger partial charge in [0.2, 0.25) is 5.91 Å². The summed E-state index contributed by atoms with van der Waals surface area (Å²) in [6, 6.07) is 20.0. The molecule has 0 unspecified atom stereocenters. The summed E-state index contributed by atoms with van der Waals surface area (Å²) in [6.07, 6.45) is 1.07. The zero-order chi connectivity index (χ0) is 26.3. The normalized spacial score (nSPS) is 13.6. The van der Waals surface area contributed by atoms with Crippen LogP contribution in [0.4, 0.5) is 0 Å². The van der Waals surface area contributed by atoms with Gasteiger partial charge in [-0.2, -0.15) is 0 Å². The van der Waals surface area contributed by atoms with Gasteiger partial charge < -0.3 is 10.5 Å². The number of carbonyl (C=O) groups is 3. The van der Waals surface area contributed by atoms with Crippen molar-refractivity contribution in [2.24, 2.45) is 5.73 Å². The molecule has 0 saturated carbocycles. The molecular formula is C30H32N2O4. The maximum Gasteiger partial charge on any atom is 0.262 e. The van der Waals surface area contributed by atoms with Crippen molar-refractivity contribution in [1.82, 2.24) is 4.90 Å². The molecule has 3 aromatic carbocycles. The average molecular weight is 485 g/mol. The highest BCUT2D eigenvalue weighted by Gasteiger charge is 2.48. The third-order valence-electron chi connectivity index (χ3n) is 7.12. The minimum Gasteiger partial charge on any atom is -0.457 e. The maximum atomic E-state index is 13.5. The fourth-order valence-electron chi connectivity index (χ4n) is 4.88. The van der Waals surface area contributed by atoms with E-state index in [9.17, 15) is 14.4 Å². The minimum atomic E-state index is -0.840. The SMILES string of the molecule is CCC(CC)(c1ccc(Oc2ccc(C(C)(C)C)cc2)cc1)N1C(=O)c2ccc(C(N)=O)cc2C1=O. The zero-order valence-electron chi connectivity index (χ0n) is 21.4. The van der Waals surface area contributed by atoms with E-state index in [0.717, 1.165) is 11.3 Å². The van der Waals surface area contributed by atoms with Crippen LogP contribution in [0.5, 0.6) is 11.5 Å². The Kier molecular flexibility index (Phi) is 6.48. The molecule has 0 fully saturated rings. The third kappa shape index (κ3) is 4.28. The Morgan fingerprint density at radius 1 is 0.778 bits per heavy atom. The molecule has 186 valence electrons. The number of rotatable bonds is 7. The summed E-state index contributed by atoms with van der Waals surface area (Å²) in [5.41, 5.74) is 7.38. The molecule has 2 N–H and O–H groups in total. The Morgan fingerprint density at radius 2 is 1.28 bits per heavy atom. The molecule has 0 aromatic heterocycles. The van der Waals surface area contributed by atoms with Gasteiger partial charge in [0.05, 0.1) is 16.7 Å². The maximum absolute atomic E-state index is 13.5. The lowest BCUT2D eigenvalue weighted by molar-refractivity contribution is 0.0387. The minimum absolute atomic E-state index is 0.0648. The van der Waals surface area contributed by atoms with Crippen LogP contribution in [0.25, 0.3) is 0 Å². The molecule has 4 rings (SSSR count). The van der Waals surface area contributed by atoms with Crippen LogP contribution in [0.2, 0.25) is 0 Å². The Labute approximate surface area is 212 Å². The number of primary amides is 1. The number of benzene rings is 3. The van der Waals surface area contributed by atoms with Crippen LogP contribution >= 0.6 is 0 Å². The van der Waals surface area contributed by atoms with E-state index < -0.39 is 17.4 Å². The Balaban J connectivity index is 1.63. The lowest BCUT2D eigenvalue weighted by atomic mass is 9.82. The van der Waals surface area contributed by atoms with Gasteiger partial charge in [0.25, 0.3) is 11.8 Å². The first-order valence-corrected chi connectivity index (χ1v) is 12.2. The summed E-state index contributed by atoms with van der Waals surface area (Å²) >= 11 is 0. The molecule has 6 nitrogen and oxygen atoms in total. The van der Waals surface area contributed by atoms with Crippen molar-refractivity contribution >= 4 is 17.7 Å². The standard InChI is InChI=1S/C30H32N2O4/c1-6-30(7-2,32-27(34)24-17-8-19(26(31)33)18-25(24)28(32)35)21-11-15-23(16-12-21)36-22-13-9-20(10-14-22)29(3,4)5/h8-18H,6-7H2,1-5H3,(H2,31,33). The molecule has 0 bridgehead atoms. The summed E-state index contributed by atoms with van der Waals surface area (Å²) in [7, 11) is 0. The van der Waals surface area contributed by atoms with E-state index in [1.807, 2.05) is 50.2 Å². The lowest BCUT2D eigenvalue weighted by Crippen LogP contribution is -2.48. The quantitative estimate of drug-likeness (QED) is 0.405. The summed E-state index contributed by atoms with van der Waals surface area (Å²) in [4.78, 5) is 39.8. The van der Waals surface area contributed by atoms with Crippen molar-refractivity contribution in [3.63, 3.8) is 0 Å². The number of carbonyl (C=O) groups excluding carboxylic acids is 3. The van der Waals surface area contributed by atoms with E-state index in [1.165, 1.54) is 28.7 Å². The van der Waals surface area contributed by atoms with E-state index in [-0.39, 0.29) is 28.0 Å². The monoisotopic (exact) mass is 484 g/mol. The van der Waals surface area contributed by atoms with Crippen molar-refractivity contribution in [1.29, 1.82) is 0 Å². The first-order valence-electron chi connectivity index (χ1n) is 12.2. The Hall–Kier alpha value is -3.93. The van der Waals surface area contributed by atoms with Crippen molar-refractivity contribution in [3.05, 3.63) is 94.5 Å². The molecule has 0 radical (unpaired) electrons. The van der Waals surface area contributed by atoms with Crippen molar-refractivity contribution < 1.29 is 19.1 Å². The number of imide groups is 1. The van der Waals surface area contributed by atoms with Crippen LogP contribution in [-0.2, 0) is 11.0 Å². The summed E-state index contributed by atoms with van der Waals surface area (Å²) in [5.74, 6) is -0.0251. The van der Waals surface area contributed by atoms with Gasteiger partial charge in [-0.05, 0) is 71.8 Å². The van der Waals surface area contributed by atoms with E-state index in [1.54, 1.807) is 0 Å². The predicted octanol–water partition coefficient (Wildman–Crippen LogP) is 6.19. The van der Waals surface area contributed by atoms with Gasteiger partial charge in [-0.1, -0.05) is 58.9 Å². The van der Waals surface area contributed by atoms with Gasteiger partial charge >= 0.3 is 0 Å². The number of hydrogen-bond donors (Lipinski definition) is 1. The zero-order valence-corrected chi connectivity index (χ0v) is 21.4. The lowest BCUT2D eigenvalue weighted by Gasteiger charge is -2.40. The van der Waals surface area contributed by atoms with Crippen LogP contribution < -0.4 is 10.5 Å². The fourth-order valence-corrected chi connectivity index (χ4v) is 4.88. The number of fused-ring (bicyclic) bond motifs is 1. The number of nitrogens with zero attached hydrogens (tertiary/aromatic N) is 1. The summed E-state index contributed by atoms with van der Waals surface area (Å²) in [6.45, 7) is 10.4. The molecule has 36 heavy (non-hydrogen) atoms. The van der Waals surface area contributed by atoms with Gasteiger partial charge in [0.15, 0.2) is 0 Å². The molecule has 3 aromatic rings. The number of nitrogens with two attached hydrogens (primary N) is 1. The summed E-state index contributed by atoms with van der Waals surface area (Å²) < 4.78 is 6.04. The molecule has 0 aliphatic carbocycles. The van der Waals surface area contributed by atoms with Crippen molar-refractivity contribution in [2.45, 2.75) is 58.4 Å². The van der Waals surface area contributed by atoms with Crippen LogP contribution in [-0.4, -0.2) is 22.6 Å². The largest absolute Gasteiger partial charge is 0.457 e. The third-order valence-corrected chi connectivity index (χ3v) is 7.12. The highest BCUT2D eigenvalue weighted by molar-refractivity contribution is 6.22. The molecule has 3 amide bonds.